The number of allylic oxidation sites excluding steroid dienone is 1. The Morgan fingerprint density at radius 2 is 1.80 bits per heavy atom. The summed E-state index contributed by atoms with van der Waals surface area (Å²) in [4.78, 5) is 51.8. The van der Waals surface area contributed by atoms with E-state index in [-0.39, 0.29) is 37.0 Å². The van der Waals surface area contributed by atoms with Crippen molar-refractivity contribution in [3.8, 4) is 23.1 Å². The lowest BCUT2D eigenvalue weighted by molar-refractivity contribution is -0.140. The van der Waals surface area contributed by atoms with Crippen LogP contribution in [0.25, 0.3) is 11.4 Å². The summed E-state index contributed by atoms with van der Waals surface area (Å²) in [5.74, 6) is -2.20. The number of ether oxygens (including phenoxy) is 2. The van der Waals surface area contributed by atoms with Gasteiger partial charge in [-0.15, -0.1) is 0 Å². The van der Waals surface area contributed by atoms with Crippen LogP contribution in [0.4, 0.5) is 0 Å². The molecule has 5 atom stereocenters. The maximum atomic E-state index is 14.0. The van der Waals surface area contributed by atoms with Gasteiger partial charge in [0.25, 0.3) is 5.91 Å². The van der Waals surface area contributed by atoms with E-state index in [1.165, 1.54) is 7.11 Å². The van der Waals surface area contributed by atoms with Crippen LogP contribution in [-0.4, -0.2) is 78.6 Å². The van der Waals surface area contributed by atoms with E-state index in [1.54, 1.807) is 18.0 Å². The normalized spacial score (nSPS) is 29.4. The molecule has 12 nitrogen and oxygen atoms in total. The number of carbonyl (C=O) groups excluding carboxylic acids is 3. The van der Waals surface area contributed by atoms with E-state index in [2.05, 4.69) is 20.0 Å². The van der Waals surface area contributed by atoms with Gasteiger partial charge in [0.05, 0.1) is 30.3 Å². The van der Waals surface area contributed by atoms with E-state index >= 15 is 0 Å². The standard InChI is InChI=1S/C32H39N5O7S/c1-37-15-9-4-3-8-12-21-19-32(21,31(40)36-45(41,42)23-13-14-23)35-29(38)24-16-22(17-25(24)30(37)39)44-27-18-26(43-2)33-28(34-27)20-10-6-5-7-11-20/h5-8,10-12,18,21-25H,3-4,9,13-17,19H2,1-2H3,(H,35,38)(H,36,40)/b12-8-/t21-,22-,24-,25-,32-/m1/s1. The van der Waals surface area contributed by atoms with E-state index < -0.39 is 50.6 Å². The predicted molar refractivity (Wildman–Crippen MR) is 164 cm³/mol. The van der Waals surface area contributed by atoms with Crippen molar-refractivity contribution in [3.63, 3.8) is 0 Å². The zero-order valence-electron chi connectivity index (χ0n) is 25.5. The van der Waals surface area contributed by atoms with Crippen molar-refractivity contribution in [1.82, 2.24) is 24.9 Å². The number of hydrogen-bond acceptors (Lipinski definition) is 9. The second-order valence-corrected chi connectivity index (χ2v) is 14.5. The van der Waals surface area contributed by atoms with Crippen LogP contribution in [0.15, 0.2) is 48.6 Å². The van der Waals surface area contributed by atoms with Crippen LogP contribution in [0.2, 0.25) is 0 Å². The number of nitrogens with zero attached hydrogens (tertiary/aromatic N) is 3. The quantitative estimate of drug-likeness (QED) is 0.436. The van der Waals surface area contributed by atoms with Gasteiger partial charge in [-0.05, 0) is 51.4 Å². The molecule has 2 N–H and O–H groups in total. The molecule has 3 fully saturated rings. The van der Waals surface area contributed by atoms with Crippen molar-refractivity contribution in [3.05, 3.63) is 48.6 Å². The number of fused-ring (bicyclic) bond motifs is 2. The molecule has 2 heterocycles. The van der Waals surface area contributed by atoms with Gasteiger partial charge in [-0.25, -0.2) is 8.42 Å². The SMILES string of the molecule is COc1cc(O[C@@H]2C[C@H]3C(=O)N[C@]4(C(=O)NS(=O)(=O)C5CC5)C[C@H]4/C=C\CCCCN(C)C(=O)[C@@H]3C2)nc(-c2ccccc2)n1. The number of sulfonamides is 1. The minimum Gasteiger partial charge on any atom is -0.481 e. The molecule has 0 spiro atoms. The third kappa shape index (κ3) is 6.68. The minimum atomic E-state index is -3.81. The second-order valence-electron chi connectivity index (χ2n) is 12.5. The van der Waals surface area contributed by atoms with Crippen LogP contribution in [0.3, 0.4) is 0 Å². The molecule has 3 amide bonds. The van der Waals surface area contributed by atoms with Crippen molar-refractivity contribution >= 4 is 27.7 Å². The highest BCUT2D eigenvalue weighted by Gasteiger charge is 2.62. The molecule has 1 aromatic heterocycles. The van der Waals surface area contributed by atoms with E-state index in [0.29, 0.717) is 31.1 Å². The lowest BCUT2D eigenvalue weighted by atomic mass is 9.93. The summed E-state index contributed by atoms with van der Waals surface area (Å²) in [5.41, 5.74) is -0.611. The molecule has 0 saturated heterocycles. The number of aromatic nitrogens is 2. The Balaban J connectivity index is 1.26. The van der Waals surface area contributed by atoms with Gasteiger partial charge in [0.1, 0.15) is 11.6 Å². The number of methoxy groups -OCH3 is 1. The molecule has 0 unspecified atom stereocenters. The number of amides is 3. The Hall–Kier alpha value is -4.00. The number of rotatable bonds is 7. The first-order valence-corrected chi connectivity index (χ1v) is 17.1. The molecule has 2 aromatic rings. The minimum absolute atomic E-state index is 0.166. The van der Waals surface area contributed by atoms with Gasteiger partial charge in [-0.2, -0.15) is 9.97 Å². The van der Waals surface area contributed by atoms with Gasteiger partial charge >= 0.3 is 0 Å². The first-order chi connectivity index (χ1) is 21.6. The van der Waals surface area contributed by atoms with Crippen molar-refractivity contribution in [1.29, 1.82) is 0 Å². The summed E-state index contributed by atoms with van der Waals surface area (Å²) in [6.45, 7) is 0.557. The maximum Gasteiger partial charge on any atom is 0.259 e. The van der Waals surface area contributed by atoms with E-state index in [9.17, 15) is 22.8 Å². The van der Waals surface area contributed by atoms with E-state index in [1.807, 2.05) is 42.5 Å². The molecule has 45 heavy (non-hydrogen) atoms. The highest BCUT2D eigenvalue weighted by Crippen LogP contribution is 2.47. The zero-order valence-corrected chi connectivity index (χ0v) is 26.3. The Morgan fingerprint density at radius 1 is 1.07 bits per heavy atom. The Kier molecular flexibility index (Phi) is 8.55. The van der Waals surface area contributed by atoms with E-state index in [0.717, 1.165) is 24.8 Å². The molecule has 4 aliphatic rings. The molecule has 1 aromatic carbocycles. The number of hydrogen-bond donors (Lipinski definition) is 2. The Morgan fingerprint density at radius 3 is 2.53 bits per heavy atom. The summed E-state index contributed by atoms with van der Waals surface area (Å²) in [5, 5.41) is 2.33. The fraction of sp³-hybridized carbons (Fsp3) is 0.531. The van der Waals surface area contributed by atoms with Gasteiger partial charge in [0, 0.05) is 25.1 Å². The van der Waals surface area contributed by atoms with Crippen molar-refractivity contribution in [2.24, 2.45) is 17.8 Å². The fourth-order valence-corrected chi connectivity index (χ4v) is 7.71. The third-order valence-electron chi connectivity index (χ3n) is 9.20. The monoisotopic (exact) mass is 637 g/mol. The molecule has 0 bridgehead atoms. The average molecular weight is 638 g/mol. The highest BCUT2D eigenvalue weighted by molar-refractivity contribution is 7.91. The largest absolute Gasteiger partial charge is 0.481 e. The van der Waals surface area contributed by atoms with Crippen LogP contribution in [0.1, 0.15) is 51.4 Å². The lowest BCUT2D eigenvalue weighted by Gasteiger charge is -2.26. The summed E-state index contributed by atoms with van der Waals surface area (Å²) in [6, 6.07) is 11.0. The predicted octanol–water partition coefficient (Wildman–Crippen LogP) is 2.61. The number of carbonyl (C=O) groups is 3. The van der Waals surface area contributed by atoms with Crippen molar-refractivity contribution in [2.45, 2.75) is 68.3 Å². The topological polar surface area (TPSA) is 157 Å². The third-order valence-corrected chi connectivity index (χ3v) is 11.0. The summed E-state index contributed by atoms with van der Waals surface area (Å²) < 4.78 is 39.2. The zero-order chi connectivity index (χ0) is 31.8. The highest BCUT2D eigenvalue weighted by atomic mass is 32.2. The Bertz CT molecular complexity index is 1600. The number of benzene rings is 1. The summed E-state index contributed by atoms with van der Waals surface area (Å²) in [7, 11) is -0.570. The molecule has 240 valence electrons. The van der Waals surface area contributed by atoms with Crippen LogP contribution >= 0.6 is 0 Å². The summed E-state index contributed by atoms with van der Waals surface area (Å²) in [6.07, 6.45) is 7.51. The van der Waals surface area contributed by atoms with Crippen molar-refractivity contribution < 1.29 is 32.3 Å². The smallest absolute Gasteiger partial charge is 0.259 e. The number of nitrogens with one attached hydrogen (secondary N) is 2. The van der Waals surface area contributed by atoms with E-state index in [4.69, 9.17) is 9.47 Å². The van der Waals surface area contributed by atoms with Crippen LogP contribution in [0.5, 0.6) is 11.8 Å². The molecule has 13 heteroatoms. The molecule has 3 saturated carbocycles. The summed E-state index contributed by atoms with van der Waals surface area (Å²) >= 11 is 0. The Labute approximate surface area is 263 Å². The lowest BCUT2D eigenvalue weighted by Crippen LogP contribution is -2.54. The van der Waals surface area contributed by atoms with Crippen LogP contribution in [-0.2, 0) is 24.4 Å². The molecular weight excluding hydrogens is 598 g/mol. The average Bonchev–Trinajstić information content (AvgIpc) is 3.95. The molecule has 6 rings (SSSR count). The van der Waals surface area contributed by atoms with Gasteiger partial charge in [-0.1, -0.05) is 42.5 Å². The second kappa shape index (κ2) is 12.4. The van der Waals surface area contributed by atoms with Gasteiger partial charge in [0.15, 0.2) is 5.82 Å². The van der Waals surface area contributed by atoms with Crippen molar-refractivity contribution in [2.75, 3.05) is 20.7 Å². The van der Waals surface area contributed by atoms with Crippen LogP contribution < -0.4 is 19.5 Å². The molecule has 3 aliphatic carbocycles. The van der Waals surface area contributed by atoms with Gasteiger partial charge < -0.3 is 19.7 Å². The van der Waals surface area contributed by atoms with Gasteiger partial charge in [-0.3, -0.25) is 19.1 Å². The van der Waals surface area contributed by atoms with Gasteiger partial charge in [0.2, 0.25) is 33.6 Å². The molecule has 1 aliphatic heterocycles. The fourth-order valence-electron chi connectivity index (χ4n) is 6.35. The van der Waals surface area contributed by atoms with Crippen LogP contribution in [0, 0.1) is 17.8 Å². The molecular formula is C32H39N5O7S. The maximum absolute atomic E-state index is 14.0. The molecule has 0 radical (unpaired) electrons. The first-order valence-electron chi connectivity index (χ1n) is 15.5. The first kappa shape index (κ1) is 31.0.